The molecule has 19 heavy (non-hydrogen) atoms. The molecule has 1 aromatic rings. The van der Waals surface area contributed by atoms with Crippen molar-refractivity contribution in [2.45, 2.75) is 33.0 Å². The second-order valence-electron chi connectivity index (χ2n) is 4.63. The normalized spacial score (nSPS) is 20.1. The Morgan fingerprint density at radius 3 is 2.37 bits per heavy atom. The molecule has 102 valence electrons. The van der Waals surface area contributed by atoms with Crippen molar-refractivity contribution in [3.8, 4) is 0 Å². The second-order valence-corrected chi connectivity index (χ2v) is 4.63. The van der Waals surface area contributed by atoms with Gasteiger partial charge in [-0.25, -0.2) is 0 Å². The highest BCUT2D eigenvalue weighted by atomic mass is 19.4. The maximum Gasteiger partial charge on any atom is 0.417 e. The summed E-state index contributed by atoms with van der Waals surface area (Å²) >= 11 is 0. The third kappa shape index (κ3) is 2.64. The number of rotatable bonds is 1. The number of nitrogens with one attached hydrogen (secondary N) is 1. The average Bonchev–Trinajstić information content (AvgIpc) is 2.34. The molecule has 1 aliphatic heterocycles. The van der Waals surface area contributed by atoms with Gasteiger partial charge in [0.05, 0.1) is 11.6 Å². The number of hydrogen-bond donors (Lipinski definition) is 1. The lowest BCUT2D eigenvalue weighted by Crippen LogP contribution is -2.32. The number of nitrogens with zero attached hydrogens (tertiary/aromatic N) is 1. The van der Waals surface area contributed by atoms with E-state index in [4.69, 9.17) is 0 Å². The predicted octanol–water partition coefficient (Wildman–Crippen LogP) is 3.74. The standard InChI is InChI=1S/C14H15F3N2/c1-8-9(2)18-13(19-10(8)3)11-6-4-5-7-12(11)14(15,16)17/h4-7,9H,1-3H3,(H,18,19). The van der Waals surface area contributed by atoms with Crippen LogP contribution >= 0.6 is 0 Å². The van der Waals surface area contributed by atoms with Crippen LogP contribution in [-0.2, 0) is 6.18 Å². The first-order valence-electron chi connectivity index (χ1n) is 5.99. The fourth-order valence-corrected chi connectivity index (χ4v) is 1.99. The van der Waals surface area contributed by atoms with Crippen LogP contribution in [0.4, 0.5) is 13.2 Å². The summed E-state index contributed by atoms with van der Waals surface area (Å²) in [5.74, 6) is 0.281. The summed E-state index contributed by atoms with van der Waals surface area (Å²) in [7, 11) is 0. The SMILES string of the molecule is CC1=C(C)C(C)N=C(c2ccccc2C(F)(F)F)N1. The van der Waals surface area contributed by atoms with Crippen molar-refractivity contribution in [2.24, 2.45) is 4.99 Å². The van der Waals surface area contributed by atoms with Gasteiger partial charge in [0.1, 0.15) is 5.84 Å². The molecule has 0 fully saturated rings. The van der Waals surface area contributed by atoms with Crippen molar-refractivity contribution < 1.29 is 13.2 Å². The average molecular weight is 268 g/mol. The quantitative estimate of drug-likeness (QED) is 0.824. The molecule has 1 N–H and O–H groups in total. The maximum absolute atomic E-state index is 13.0. The molecular formula is C14H15F3N2. The molecule has 5 heteroatoms. The van der Waals surface area contributed by atoms with E-state index in [1.54, 1.807) is 6.07 Å². The Bertz CT molecular complexity index is 556. The first kappa shape index (κ1) is 13.6. The van der Waals surface area contributed by atoms with E-state index in [2.05, 4.69) is 10.3 Å². The monoisotopic (exact) mass is 268 g/mol. The van der Waals surface area contributed by atoms with Crippen LogP contribution in [0.25, 0.3) is 0 Å². The van der Waals surface area contributed by atoms with Crippen LogP contribution in [0, 0.1) is 0 Å². The van der Waals surface area contributed by atoms with E-state index >= 15 is 0 Å². The number of alkyl halides is 3. The molecule has 0 saturated carbocycles. The first-order valence-corrected chi connectivity index (χ1v) is 5.99. The van der Waals surface area contributed by atoms with Gasteiger partial charge in [-0.1, -0.05) is 18.2 Å². The molecule has 0 amide bonds. The zero-order valence-corrected chi connectivity index (χ0v) is 11.0. The smallest absolute Gasteiger partial charge is 0.344 e. The van der Waals surface area contributed by atoms with E-state index in [-0.39, 0.29) is 17.4 Å². The van der Waals surface area contributed by atoms with Crippen LogP contribution < -0.4 is 5.32 Å². The van der Waals surface area contributed by atoms with Crippen molar-refractivity contribution in [1.29, 1.82) is 0 Å². The van der Waals surface area contributed by atoms with Crippen molar-refractivity contribution in [3.05, 3.63) is 46.7 Å². The molecule has 0 spiro atoms. The van der Waals surface area contributed by atoms with Gasteiger partial charge in [-0.2, -0.15) is 13.2 Å². The summed E-state index contributed by atoms with van der Waals surface area (Å²) in [6.07, 6.45) is -4.38. The molecule has 2 nitrogen and oxygen atoms in total. The Balaban J connectivity index is 2.48. The number of aliphatic imine (C=N–C) groups is 1. The minimum atomic E-state index is -4.38. The van der Waals surface area contributed by atoms with E-state index in [0.29, 0.717) is 0 Å². The van der Waals surface area contributed by atoms with Crippen molar-refractivity contribution in [2.75, 3.05) is 0 Å². The van der Waals surface area contributed by atoms with E-state index in [1.165, 1.54) is 12.1 Å². The highest BCUT2D eigenvalue weighted by Gasteiger charge is 2.34. The Morgan fingerprint density at radius 2 is 1.79 bits per heavy atom. The third-order valence-corrected chi connectivity index (χ3v) is 3.33. The van der Waals surface area contributed by atoms with Crippen LogP contribution in [0.3, 0.4) is 0 Å². The molecule has 2 rings (SSSR count). The number of benzene rings is 1. The fourth-order valence-electron chi connectivity index (χ4n) is 1.99. The lowest BCUT2D eigenvalue weighted by molar-refractivity contribution is -0.137. The summed E-state index contributed by atoms with van der Waals surface area (Å²) < 4.78 is 38.9. The lowest BCUT2D eigenvalue weighted by Gasteiger charge is -2.24. The highest BCUT2D eigenvalue weighted by Crippen LogP contribution is 2.32. The molecule has 0 bridgehead atoms. The van der Waals surface area contributed by atoms with Gasteiger partial charge in [0, 0.05) is 11.3 Å². The topological polar surface area (TPSA) is 24.4 Å². The minimum Gasteiger partial charge on any atom is -0.344 e. The zero-order valence-electron chi connectivity index (χ0n) is 11.0. The Morgan fingerprint density at radius 1 is 1.16 bits per heavy atom. The van der Waals surface area contributed by atoms with E-state index in [1.807, 2.05) is 20.8 Å². The molecule has 0 aliphatic carbocycles. The summed E-state index contributed by atoms with van der Waals surface area (Å²) in [4.78, 5) is 4.31. The van der Waals surface area contributed by atoms with Crippen LogP contribution in [0.2, 0.25) is 0 Å². The fraction of sp³-hybridized carbons (Fsp3) is 0.357. The summed E-state index contributed by atoms with van der Waals surface area (Å²) in [5.41, 5.74) is 1.32. The van der Waals surface area contributed by atoms with Crippen LogP contribution in [0.5, 0.6) is 0 Å². The Kier molecular flexibility index (Phi) is 3.39. The summed E-state index contributed by atoms with van der Waals surface area (Å²) in [6, 6.07) is 5.37. The minimum absolute atomic E-state index is 0.0914. The van der Waals surface area contributed by atoms with Gasteiger partial charge in [0.2, 0.25) is 0 Å². The Hall–Kier alpha value is -1.78. The largest absolute Gasteiger partial charge is 0.417 e. The van der Waals surface area contributed by atoms with Crippen molar-refractivity contribution >= 4 is 5.84 Å². The number of halogens is 3. The van der Waals surface area contributed by atoms with Crippen molar-refractivity contribution in [1.82, 2.24) is 5.32 Å². The Labute approximate surface area is 110 Å². The van der Waals surface area contributed by atoms with Crippen molar-refractivity contribution in [3.63, 3.8) is 0 Å². The molecule has 0 saturated heterocycles. The number of hydrogen-bond acceptors (Lipinski definition) is 2. The molecule has 0 radical (unpaired) electrons. The molecule has 1 atom stereocenters. The summed E-state index contributed by atoms with van der Waals surface area (Å²) in [6.45, 7) is 5.63. The molecule has 1 unspecified atom stereocenters. The molecule has 0 aromatic heterocycles. The summed E-state index contributed by atoms with van der Waals surface area (Å²) in [5, 5.41) is 2.95. The van der Waals surface area contributed by atoms with Gasteiger partial charge in [0.25, 0.3) is 0 Å². The predicted molar refractivity (Wildman–Crippen MR) is 69.0 cm³/mol. The van der Waals surface area contributed by atoms with Gasteiger partial charge in [-0.3, -0.25) is 4.99 Å². The highest BCUT2D eigenvalue weighted by molar-refractivity contribution is 6.02. The maximum atomic E-state index is 13.0. The second kappa shape index (κ2) is 4.72. The van der Waals surface area contributed by atoms with E-state index in [0.717, 1.165) is 17.3 Å². The molecule has 1 aliphatic rings. The lowest BCUT2D eigenvalue weighted by atomic mass is 10.0. The third-order valence-electron chi connectivity index (χ3n) is 3.33. The molecule has 1 aromatic carbocycles. The van der Waals surface area contributed by atoms with E-state index in [9.17, 15) is 13.2 Å². The van der Waals surface area contributed by atoms with Gasteiger partial charge < -0.3 is 5.32 Å². The van der Waals surface area contributed by atoms with E-state index < -0.39 is 11.7 Å². The number of allylic oxidation sites excluding steroid dienone is 1. The van der Waals surface area contributed by atoms with Gasteiger partial charge in [-0.15, -0.1) is 0 Å². The molecular weight excluding hydrogens is 253 g/mol. The van der Waals surface area contributed by atoms with Crippen LogP contribution in [0.1, 0.15) is 31.9 Å². The van der Waals surface area contributed by atoms with Crippen LogP contribution in [0.15, 0.2) is 40.5 Å². The van der Waals surface area contributed by atoms with Gasteiger partial charge >= 0.3 is 6.18 Å². The zero-order chi connectivity index (χ0) is 14.2. The number of amidine groups is 1. The van der Waals surface area contributed by atoms with Gasteiger partial charge in [0.15, 0.2) is 0 Å². The molecule has 1 heterocycles. The first-order chi connectivity index (χ1) is 8.80. The van der Waals surface area contributed by atoms with Crippen LogP contribution in [-0.4, -0.2) is 11.9 Å². The van der Waals surface area contributed by atoms with Gasteiger partial charge in [-0.05, 0) is 32.4 Å².